The number of hydrogen-bond donors (Lipinski definition) is 2. The van der Waals surface area contributed by atoms with Gasteiger partial charge in [0.15, 0.2) is 0 Å². The monoisotopic (exact) mass is 468 g/mol. The normalized spacial score (nSPS) is 24.5. The highest BCUT2D eigenvalue weighted by atomic mass is 19.1. The van der Waals surface area contributed by atoms with Crippen molar-refractivity contribution in [3.63, 3.8) is 0 Å². The van der Waals surface area contributed by atoms with Crippen molar-refractivity contribution in [2.24, 2.45) is 5.92 Å². The number of nitrogens with one attached hydrogen (secondary N) is 1. The molecule has 2 atom stereocenters. The molecule has 0 bridgehead atoms. The van der Waals surface area contributed by atoms with Gasteiger partial charge >= 0.3 is 0 Å². The second-order valence-electron chi connectivity index (χ2n) is 9.96. The molecule has 0 aliphatic heterocycles. The highest BCUT2D eigenvalue weighted by Crippen LogP contribution is 2.38. The summed E-state index contributed by atoms with van der Waals surface area (Å²) in [6, 6.07) is 7.56. The van der Waals surface area contributed by atoms with E-state index in [9.17, 15) is 14.3 Å². The van der Waals surface area contributed by atoms with E-state index >= 15 is 0 Å². The molecule has 5 rings (SSSR count). The van der Waals surface area contributed by atoms with Gasteiger partial charge in [0.25, 0.3) is 5.56 Å². The average Bonchev–Trinajstić information content (AvgIpc) is 3.40. The Kier molecular flexibility index (Phi) is 6.34. The average molecular weight is 469 g/mol. The first-order valence-electron chi connectivity index (χ1n) is 12.3. The van der Waals surface area contributed by atoms with Crippen LogP contribution in [-0.2, 0) is 6.54 Å². The zero-order valence-electron chi connectivity index (χ0n) is 19.8. The number of anilines is 1. The van der Waals surface area contributed by atoms with Gasteiger partial charge in [0.1, 0.15) is 17.6 Å². The molecule has 34 heavy (non-hydrogen) atoms. The third-order valence-electron chi connectivity index (χ3n) is 7.00. The van der Waals surface area contributed by atoms with Crippen LogP contribution in [0.3, 0.4) is 0 Å². The molecule has 2 aliphatic rings. The molecule has 2 saturated carbocycles. The SMILES string of the molecule is CC(C)Oc1cc2nn(C3CCC(CO)CC3)cc2cc1CNc1cccn(C2C[C@@H]2F)c1=O. The first kappa shape index (κ1) is 22.9. The molecule has 7 nitrogen and oxygen atoms in total. The Balaban J connectivity index is 1.39. The topological polar surface area (TPSA) is 81.3 Å². The van der Waals surface area contributed by atoms with E-state index in [0.29, 0.717) is 30.6 Å². The highest BCUT2D eigenvalue weighted by molar-refractivity contribution is 5.81. The van der Waals surface area contributed by atoms with E-state index in [1.807, 2.05) is 19.9 Å². The van der Waals surface area contributed by atoms with Crippen molar-refractivity contribution in [1.82, 2.24) is 14.3 Å². The van der Waals surface area contributed by atoms with Crippen LogP contribution in [-0.4, -0.2) is 38.3 Å². The van der Waals surface area contributed by atoms with Gasteiger partial charge in [-0.15, -0.1) is 0 Å². The number of aliphatic hydroxyl groups excluding tert-OH is 1. The first-order valence-corrected chi connectivity index (χ1v) is 12.3. The summed E-state index contributed by atoms with van der Waals surface area (Å²) in [6.07, 6.45) is 7.28. The van der Waals surface area contributed by atoms with Crippen LogP contribution in [0.5, 0.6) is 5.75 Å². The maximum Gasteiger partial charge on any atom is 0.274 e. The molecule has 2 aliphatic carbocycles. The van der Waals surface area contributed by atoms with E-state index in [1.165, 1.54) is 4.57 Å². The number of alkyl halides is 1. The Bertz CT molecular complexity index is 1210. The maximum atomic E-state index is 13.5. The smallest absolute Gasteiger partial charge is 0.274 e. The molecule has 2 N–H and O–H groups in total. The summed E-state index contributed by atoms with van der Waals surface area (Å²) in [5.41, 5.74) is 2.07. The number of halogens is 1. The molecule has 3 aromatic rings. The summed E-state index contributed by atoms with van der Waals surface area (Å²) in [5.74, 6) is 1.15. The number of nitrogens with zero attached hydrogens (tertiary/aromatic N) is 3. The lowest BCUT2D eigenvalue weighted by Crippen LogP contribution is -2.22. The first-order chi connectivity index (χ1) is 16.4. The fraction of sp³-hybridized carbons (Fsp3) is 0.538. The van der Waals surface area contributed by atoms with Gasteiger partial charge < -0.3 is 19.7 Å². The van der Waals surface area contributed by atoms with E-state index in [4.69, 9.17) is 9.84 Å². The predicted molar refractivity (Wildman–Crippen MR) is 130 cm³/mol. The number of benzene rings is 1. The van der Waals surface area contributed by atoms with Gasteiger partial charge in [-0.2, -0.15) is 5.10 Å². The Labute approximate surface area is 198 Å². The van der Waals surface area contributed by atoms with E-state index in [0.717, 1.165) is 47.9 Å². The third-order valence-corrected chi connectivity index (χ3v) is 7.00. The van der Waals surface area contributed by atoms with Gasteiger partial charge in [-0.3, -0.25) is 9.48 Å². The molecule has 2 fully saturated rings. The fourth-order valence-corrected chi connectivity index (χ4v) is 4.94. The highest BCUT2D eigenvalue weighted by Gasteiger charge is 2.39. The lowest BCUT2D eigenvalue weighted by molar-refractivity contribution is 0.165. The van der Waals surface area contributed by atoms with Crippen LogP contribution >= 0.6 is 0 Å². The minimum absolute atomic E-state index is 0.00245. The summed E-state index contributed by atoms with van der Waals surface area (Å²) in [6.45, 7) is 4.65. The molecule has 0 radical (unpaired) electrons. The van der Waals surface area contributed by atoms with Crippen LogP contribution < -0.4 is 15.6 Å². The number of aliphatic hydroxyl groups is 1. The lowest BCUT2D eigenvalue weighted by atomic mass is 9.87. The van der Waals surface area contributed by atoms with Gasteiger partial charge in [-0.1, -0.05) is 0 Å². The Hall–Kier alpha value is -2.87. The van der Waals surface area contributed by atoms with Crippen LogP contribution in [0.2, 0.25) is 0 Å². The van der Waals surface area contributed by atoms with Gasteiger partial charge in [-0.05, 0) is 63.6 Å². The van der Waals surface area contributed by atoms with Crippen LogP contribution in [0.25, 0.3) is 10.9 Å². The van der Waals surface area contributed by atoms with Crippen LogP contribution in [0, 0.1) is 5.92 Å². The number of rotatable bonds is 8. The third kappa shape index (κ3) is 4.69. The number of pyridine rings is 1. The van der Waals surface area contributed by atoms with Crippen molar-refractivity contribution < 1.29 is 14.2 Å². The van der Waals surface area contributed by atoms with Crippen molar-refractivity contribution in [1.29, 1.82) is 0 Å². The van der Waals surface area contributed by atoms with E-state index in [1.54, 1.807) is 18.3 Å². The Morgan fingerprint density at radius 3 is 2.71 bits per heavy atom. The zero-order valence-corrected chi connectivity index (χ0v) is 19.8. The van der Waals surface area contributed by atoms with Gasteiger partial charge in [0, 0.05) is 49.0 Å². The van der Waals surface area contributed by atoms with E-state index in [-0.39, 0.29) is 24.3 Å². The lowest BCUT2D eigenvalue weighted by Gasteiger charge is -2.27. The largest absolute Gasteiger partial charge is 0.491 e. The van der Waals surface area contributed by atoms with Crippen LogP contribution in [0.4, 0.5) is 10.1 Å². The molecule has 182 valence electrons. The molecule has 1 unspecified atom stereocenters. The molecule has 2 heterocycles. The molecule has 8 heteroatoms. The van der Waals surface area contributed by atoms with Gasteiger partial charge in [-0.25, -0.2) is 4.39 Å². The van der Waals surface area contributed by atoms with Crippen molar-refractivity contribution in [2.75, 3.05) is 11.9 Å². The van der Waals surface area contributed by atoms with Crippen LogP contribution in [0.15, 0.2) is 41.5 Å². The quantitative estimate of drug-likeness (QED) is 0.505. The number of hydrogen-bond acceptors (Lipinski definition) is 5. The summed E-state index contributed by atoms with van der Waals surface area (Å²) >= 11 is 0. The summed E-state index contributed by atoms with van der Waals surface area (Å²) < 4.78 is 23.1. The molecule has 1 aromatic carbocycles. The van der Waals surface area contributed by atoms with E-state index < -0.39 is 6.17 Å². The maximum absolute atomic E-state index is 13.5. The van der Waals surface area contributed by atoms with Gasteiger partial charge in [0.05, 0.1) is 23.7 Å². The summed E-state index contributed by atoms with van der Waals surface area (Å²) in [4.78, 5) is 12.8. The fourth-order valence-electron chi connectivity index (χ4n) is 4.94. The predicted octanol–water partition coefficient (Wildman–Crippen LogP) is 4.60. The molecular formula is C26H33FN4O3. The Morgan fingerprint density at radius 1 is 1.26 bits per heavy atom. The van der Waals surface area contributed by atoms with Crippen molar-refractivity contribution >= 4 is 16.6 Å². The molecule has 0 spiro atoms. The summed E-state index contributed by atoms with van der Waals surface area (Å²) in [7, 11) is 0. The van der Waals surface area contributed by atoms with Gasteiger partial charge in [0.2, 0.25) is 0 Å². The van der Waals surface area contributed by atoms with Crippen molar-refractivity contribution in [3.8, 4) is 5.75 Å². The van der Waals surface area contributed by atoms with Crippen molar-refractivity contribution in [2.45, 2.75) is 76.9 Å². The zero-order chi connectivity index (χ0) is 23.8. The van der Waals surface area contributed by atoms with E-state index in [2.05, 4.69) is 22.3 Å². The summed E-state index contributed by atoms with van der Waals surface area (Å²) in [5, 5.41) is 18.5. The molecular weight excluding hydrogens is 435 g/mol. The number of fused-ring (bicyclic) bond motifs is 1. The number of ether oxygens (including phenoxy) is 1. The second kappa shape index (κ2) is 9.41. The molecule has 2 aromatic heterocycles. The minimum Gasteiger partial charge on any atom is -0.491 e. The minimum atomic E-state index is -0.934. The van der Waals surface area contributed by atoms with Crippen molar-refractivity contribution in [3.05, 3.63) is 52.6 Å². The second-order valence-corrected chi connectivity index (χ2v) is 9.96. The standard InChI is InChI=1S/C26H33FN4O3/c1-16(2)34-25-12-23-19(14-31(29-23)20-7-5-17(15-32)6-8-20)10-18(25)13-28-22-4-3-9-30(26(22)33)24-11-21(24)27/h3-4,9-10,12,14,16-17,20-21,24,28,32H,5-8,11,13,15H2,1-2H3/t17?,20?,21-,24?/m0/s1. The van der Waals surface area contributed by atoms with Crippen LogP contribution in [0.1, 0.15) is 63.6 Å². The molecule has 0 amide bonds. The Morgan fingerprint density at radius 2 is 2.03 bits per heavy atom. The number of aromatic nitrogens is 3. The molecule has 0 saturated heterocycles.